The van der Waals surface area contributed by atoms with E-state index in [-0.39, 0.29) is 22.6 Å². The van der Waals surface area contributed by atoms with Crippen LogP contribution in [0.4, 0.5) is 0 Å². The molecule has 1 heterocycles. The second kappa shape index (κ2) is 9.69. The number of benzene rings is 2. The lowest BCUT2D eigenvalue weighted by molar-refractivity contribution is 0.0933. The zero-order chi connectivity index (χ0) is 22.6. The van der Waals surface area contributed by atoms with Crippen LogP contribution in [0.15, 0.2) is 63.9 Å². The van der Waals surface area contributed by atoms with Gasteiger partial charge in [0.2, 0.25) is 5.89 Å². The van der Waals surface area contributed by atoms with Gasteiger partial charge in [0.1, 0.15) is 11.5 Å². The topological polar surface area (TPSA) is 89.3 Å². The molecule has 0 saturated heterocycles. The molecule has 3 aromatic rings. The van der Waals surface area contributed by atoms with Crippen molar-refractivity contribution in [2.45, 2.75) is 62.1 Å². The van der Waals surface area contributed by atoms with Gasteiger partial charge in [-0.25, -0.2) is 13.4 Å². The number of hydrogen-bond donors (Lipinski definition) is 1. The SMILES string of the molecule is Cc1oc(-c2ccc(C(=O)NC3CCCCCC3)cc2)nc1CS(=O)(=O)c1ccccc1. The molecule has 1 N–H and O–H groups in total. The van der Waals surface area contributed by atoms with Gasteiger partial charge < -0.3 is 9.73 Å². The fourth-order valence-corrected chi connectivity index (χ4v) is 5.40. The molecule has 1 amide bonds. The highest BCUT2D eigenvalue weighted by atomic mass is 32.2. The minimum atomic E-state index is -3.51. The first kappa shape index (κ1) is 22.3. The second-order valence-corrected chi connectivity index (χ2v) is 10.3. The summed E-state index contributed by atoms with van der Waals surface area (Å²) in [5.41, 5.74) is 1.68. The molecule has 1 aliphatic rings. The van der Waals surface area contributed by atoms with E-state index in [2.05, 4.69) is 10.3 Å². The number of aromatic nitrogens is 1. The summed E-state index contributed by atoms with van der Waals surface area (Å²) in [6.07, 6.45) is 6.88. The van der Waals surface area contributed by atoms with Gasteiger partial charge in [-0.05, 0) is 56.2 Å². The van der Waals surface area contributed by atoms with E-state index in [9.17, 15) is 13.2 Å². The smallest absolute Gasteiger partial charge is 0.251 e. The van der Waals surface area contributed by atoms with Gasteiger partial charge in [-0.1, -0.05) is 43.9 Å². The molecule has 0 bridgehead atoms. The zero-order valence-corrected chi connectivity index (χ0v) is 19.0. The van der Waals surface area contributed by atoms with Crippen LogP contribution >= 0.6 is 0 Å². The summed E-state index contributed by atoms with van der Waals surface area (Å²) in [5, 5.41) is 3.14. The molecule has 1 saturated carbocycles. The summed E-state index contributed by atoms with van der Waals surface area (Å²) in [4.78, 5) is 17.3. The number of rotatable bonds is 6. The van der Waals surface area contributed by atoms with Crippen molar-refractivity contribution in [3.63, 3.8) is 0 Å². The maximum Gasteiger partial charge on any atom is 0.251 e. The Balaban J connectivity index is 1.46. The lowest BCUT2D eigenvalue weighted by Crippen LogP contribution is -2.34. The fourth-order valence-electron chi connectivity index (χ4n) is 4.03. The molecule has 0 spiro atoms. The summed E-state index contributed by atoms with van der Waals surface area (Å²) in [7, 11) is -3.51. The number of oxazole rings is 1. The molecular weight excluding hydrogens is 424 g/mol. The van der Waals surface area contributed by atoms with Crippen molar-refractivity contribution in [1.82, 2.24) is 10.3 Å². The van der Waals surface area contributed by atoms with Gasteiger partial charge in [0.15, 0.2) is 9.84 Å². The molecule has 0 unspecified atom stereocenters. The van der Waals surface area contributed by atoms with E-state index in [1.165, 1.54) is 12.8 Å². The number of aryl methyl sites for hydroxylation is 1. The number of hydrogen-bond acceptors (Lipinski definition) is 5. The Morgan fingerprint density at radius 1 is 1.00 bits per heavy atom. The molecule has 1 aliphatic carbocycles. The Kier molecular flexibility index (Phi) is 6.74. The number of nitrogens with one attached hydrogen (secondary N) is 1. The lowest BCUT2D eigenvalue weighted by Gasteiger charge is -2.16. The largest absolute Gasteiger partial charge is 0.441 e. The Labute approximate surface area is 189 Å². The number of amides is 1. The molecule has 6 nitrogen and oxygen atoms in total. The average molecular weight is 453 g/mol. The average Bonchev–Trinajstić information content (AvgIpc) is 2.98. The van der Waals surface area contributed by atoms with E-state index in [0.717, 1.165) is 25.7 Å². The molecule has 0 atom stereocenters. The van der Waals surface area contributed by atoms with E-state index in [0.29, 0.717) is 28.5 Å². The van der Waals surface area contributed by atoms with Crippen molar-refractivity contribution in [3.8, 4) is 11.5 Å². The van der Waals surface area contributed by atoms with Crippen LogP contribution < -0.4 is 5.32 Å². The van der Waals surface area contributed by atoms with Gasteiger partial charge in [0, 0.05) is 17.2 Å². The number of carbonyl (C=O) groups excluding carboxylic acids is 1. The summed E-state index contributed by atoms with van der Waals surface area (Å²) in [5.74, 6) is 0.515. The van der Waals surface area contributed by atoms with Crippen molar-refractivity contribution in [2.24, 2.45) is 0 Å². The first-order valence-corrected chi connectivity index (χ1v) is 12.7. The molecule has 7 heteroatoms. The molecule has 168 valence electrons. The van der Waals surface area contributed by atoms with Crippen molar-refractivity contribution in [1.29, 1.82) is 0 Å². The second-order valence-electron chi connectivity index (χ2n) is 8.33. The van der Waals surface area contributed by atoms with Crippen molar-refractivity contribution in [2.75, 3.05) is 0 Å². The van der Waals surface area contributed by atoms with Gasteiger partial charge in [-0.2, -0.15) is 0 Å². The zero-order valence-electron chi connectivity index (χ0n) is 18.2. The minimum absolute atomic E-state index is 0.0679. The first-order valence-electron chi connectivity index (χ1n) is 11.1. The highest BCUT2D eigenvalue weighted by Crippen LogP contribution is 2.25. The predicted molar refractivity (Wildman–Crippen MR) is 123 cm³/mol. The number of carbonyl (C=O) groups is 1. The Morgan fingerprint density at radius 2 is 1.66 bits per heavy atom. The third-order valence-electron chi connectivity index (χ3n) is 5.91. The standard InChI is InChI=1S/C25H28N2O4S/c1-18-23(17-32(29,30)22-11-7-4-8-12-22)27-25(31-18)20-15-13-19(14-16-20)24(28)26-21-9-5-2-3-6-10-21/h4,7-8,11-16,21H,2-3,5-6,9-10,17H2,1H3,(H,26,28). The third kappa shape index (κ3) is 5.27. The number of nitrogens with zero attached hydrogens (tertiary/aromatic N) is 1. The maximum atomic E-state index is 12.7. The van der Waals surface area contributed by atoms with Crippen LogP contribution in [0, 0.1) is 6.92 Å². The van der Waals surface area contributed by atoms with Gasteiger partial charge >= 0.3 is 0 Å². The molecule has 1 fully saturated rings. The Hall–Kier alpha value is -2.93. The molecule has 32 heavy (non-hydrogen) atoms. The van der Waals surface area contributed by atoms with Gasteiger partial charge in [0.25, 0.3) is 5.91 Å². The quantitative estimate of drug-likeness (QED) is 0.527. The molecule has 0 radical (unpaired) electrons. The van der Waals surface area contributed by atoms with E-state index in [1.807, 2.05) is 0 Å². The normalized spacial score (nSPS) is 15.3. The molecular formula is C25H28N2O4S. The van der Waals surface area contributed by atoms with Crippen LogP contribution in [0.2, 0.25) is 0 Å². The fraction of sp³-hybridized carbons (Fsp3) is 0.360. The first-order chi connectivity index (χ1) is 15.4. The van der Waals surface area contributed by atoms with Crippen LogP contribution in [0.1, 0.15) is 60.3 Å². The summed E-state index contributed by atoms with van der Waals surface area (Å²) in [6.45, 7) is 1.71. The van der Waals surface area contributed by atoms with Crippen LogP contribution in [-0.4, -0.2) is 25.4 Å². The summed E-state index contributed by atoms with van der Waals surface area (Å²) < 4.78 is 31.1. The van der Waals surface area contributed by atoms with Gasteiger partial charge in [0.05, 0.1) is 10.6 Å². The highest BCUT2D eigenvalue weighted by molar-refractivity contribution is 7.90. The van der Waals surface area contributed by atoms with Crippen molar-refractivity contribution < 1.29 is 17.6 Å². The summed E-state index contributed by atoms with van der Waals surface area (Å²) in [6, 6.07) is 15.6. The predicted octanol–water partition coefficient (Wildman–Crippen LogP) is 5.08. The van der Waals surface area contributed by atoms with Crippen LogP contribution in [0.5, 0.6) is 0 Å². The van der Waals surface area contributed by atoms with E-state index in [4.69, 9.17) is 4.42 Å². The number of sulfone groups is 1. The van der Waals surface area contributed by atoms with Crippen LogP contribution in [0.3, 0.4) is 0 Å². The van der Waals surface area contributed by atoms with Crippen molar-refractivity contribution >= 4 is 15.7 Å². The van der Waals surface area contributed by atoms with Gasteiger partial charge in [-0.3, -0.25) is 4.79 Å². The Bertz CT molecular complexity index is 1160. The summed E-state index contributed by atoms with van der Waals surface area (Å²) >= 11 is 0. The molecule has 4 rings (SSSR count). The van der Waals surface area contributed by atoms with Crippen LogP contribution in [-0.2, 0) is 15.6 Å². The molecule has 0 aliphatic heterocycles. The van der Waals surface area contributed by atoms with Crippen molar-refractivity contribution in [3.05, 3.63) is 71.6 Å². The highest BCUT2D eigenvalue weighted by Gasteiger charge is 2.21. The van der Waals surface area contributed by atoms with Gasteiger partial charge in [-0.15, -0.1) is 0 Å². The monoisotopic (exact) mass is 452 g/mol. The van der Waals surface area contributed by atoms with E-state index >= 15 is 0 Å². The van der Waals surface area contributed by atoms with E-state index < -0.39 is 9.84 Å². The third-order valence-corrected chi connectivity index (χ3v) is 7.55. The maximum absolute atomic E-state index is 12.7. The minimum Gasteiger partial charge on any atom is -0.441 e. The lowest BCUT2D eigenvalue weighted by atomic mass is 10.1. The Morgan fingerprint density at radius 3 is 2.31 bits per heavy atom. The molecule has 1 aromatic heterocycles. The molecule has 2 aromatic carbocycles. The van der Waals surface area contributed by atoms with E-state index in [1.54, 1.807) is 61.5 Å². The van der Waals surface area contributed by atoms with Crippen LogP contribution in [0.25, 0.3) is 11.5 Å².